The Bertz CT molecular complexity index is 955. The molecule has 2 aromatic heterocycles. The van der Waals surface area contributed by atoms with Crippen LogP contribution in [0.15, 0.2) is 43.1 Å². The van der Waals surface area contributed by atoms with Gasteiger partial charge >= 0.3 is 0 Å². The van der Waals surface area contributed by atoms with Gasteiger partial charge in [0.2, 0.25) is 6.33 Å². The van der Waals surface area contributed by atoms with E-state index in [2.05, 4.69) is 0 Å². The van der Waals surface area contributed by atoms with E-state index >= 15 is 0 Å². The molecule has 0 fully saturated rings. The fourth-order valence-corrected chi connectivity index (χ4v) is 3.61. The van der Waals surface area contributed by atoms with Crippen molar-refractivity contribution in [2.24, 2.45) is 0 Å². The molecule has 0 N–H and O–H groups in total. The van der Waals surface area contributed by atoms with Gasteiger partial charge in [-0.3, -0.25) is 0 Å². The predicted molar refractivity (Wildman–Crippen MR) is 105 cm³/mol. The Balaban J connectivity index is 0.000000291. The third-order valence-electron chi connectivity index (χ3n) is 4.11. The van der Waals surface area contributed by atoms with Crippen molar-refractivity contribution in [2.45, 2.75) is 52.7 Å². The van der Waals surface area contributed by atoms with Crippen molar-refractivity contribution in [1.29, 1.82) is 0 Å². The van der Waals surface area contributed by atoms with Crippen LogP contribution in [0.3, 0.4) is 0 Å². The molecule has 0 aliphatic carbocycles. The molecule has 0 aliphatic heterocycles. The predicted octanol–water partition coefficient (Wildman–Crippen LogP) is 0.203. The second-order valence-corrected chi connectivity index (χ2v) is 9.50. The first kappa shape index (κ1) is 25.2. The quantitative estimate of drug-likeness (QED) is 0.378. The van der Waals surface area contributed by atoms with E-state index in [1.54, 1.807) is 0 Å². The molecule has 0 radical (unpaired) electrons. The van der Waals surface area contributed by atoms with Crippen LogP contribution in [0.2, 0.25) is 0 Å². The Kier molecular flexibility index (Phi) is 10.4. The highest BCUT2D eigenvalue weighted by Crippen LogP contribution is 1.95. The lowest BCUT2D eigenvalue weighted by atomic mass is 10.2. The van der Waals surface area contributed by atoms with E-state index in [0.29, 0.717) is 25.9 Å². The van der Waals surface area contributed by atoms with Crippen molar-refractivity contribution in [3.8, 4) is 0 Å². The smallest absolute Gasteiger partial charge is 0.243 e. The minimum Gasteiger partial charge on any atom is -0.748 e. The van der Waals surface area contributed by atoms with Gasteiger partial charge in [0.1, 0.15) is 18.9 Å². The van der Waals surface area contributed by atoms with Gasteiger partial charge in [-0.1, -0.05) is 13.0 Å². The summed E-state index contributed by atoms with van der Waals surface area (Å²) in [5.41, 5.74) is 1.14. The monoisotopic (exact) mass is 447 g/mol. The van der Waals surface area contributed by atoms with Crippen LogP contribution in [0, 0.1) is 0 Å². The molecule has 2 rings (SSSR count). The van der Waals surface area contributed by atoms with E-state index in [1.165, 1.54) is 0 Å². The average molecular weight is 448 g/mol. The maximum Gasteiger partial charge on any atom is 0.243 e. The first-order chi connectivity index (χ1) is 13.5. The third-order valence-corrected chi connectivity index (χ3v) is 5.69. The number of hydrogen-bond acceptors (Lipinski definition) is 6. The third kappa shape index (κ3) is 11.7. The van der Waals surface area contributed by atoms with E-state index < -0.39 is 20.2 Å². The number of imidazole rings is 1. The molecule has 0 saturated heterocycles. The Morgan fingerprint density at radius 1 is 0.931 bits per heavy atom. The topological polar surface area (TPSA) is 127 Å². The lowest BCUT2D eigenvalue weighted by Gasteiger charge is -2.05. The number of rotatable bonds is 10. The summed E-state index contributed by atoms with van der Waals surface area (Å²) in [6.45, 7) is 6.08. The van der Waals surface area contributed by atoms with Gasteiger partial charge in [0.05, 0.1) is 33.3 Å². The normalized spacial score (nSPS) is 11.7. The molecule has 0 atom stereocenters. The number of aryl methyl sites for hydroxylation is 4. The Morgan fingerprint density at radius 3 is 2.07 bits per heavy atom. The second-order valence-electron chi connectivity index (χ2n) is 6.45. The first-order valence-electron chi connectivity index (χ1n) is 9.43. The lowest BCUT2D eigenvalue weighted by molar-refractivity contribution is -0.703. The molecule has 9 nitrogen and oxygen atoms in total. The molecule has 0 saturated carbocycles. The zero-order valence-corrected chi connectivity index (χ0v) is 18.4. The van der Waals surface area contributed by atoms with Crippen LogP contribution in [-0.4, -0.2) is 42.0 Å². The second kappa shape index (κ2) is 12.0. The van der Waals surface area contributed by atoms with E-state index in [-0.39, 0.29) is 11.5 Å². The van der Waals surface area contributed by atoms with Gasteiger partial charge in [0.15, 0.2) is 11.9 Å². The molecular weight excluding hydrogens is 418 g/mol. The van der Waals surface area contributed by atoms with Crippen LogP contribution in [0.5, 0.6) is 0 Å². The minimum atomic E-state index is -4.08. The summed E-state index contributed by atoms with van der Waals surface area (Å²) in [6.07, 6.45) is 9.18. The van der Waals surface area contributed by atoms with Gasteiger partial charge in [-0.05, 0) is 13.3 Å². The molecule has 2 aromatic rings. The molecule has 0 spiro atoms. The number of hydrogen-bond donors (Lipinski definition) is 0. The molecule has 0 aromatic carbocycles. The number of pyridine rings is 1. The maximum atomic E-state index is 10.4. The van der Waals surface area contributed by atoms with E-state index in [4.69, 9.17) is 0 Å². The molecular formula is C18H29N3O6S2. The van der Waals surface area contributed by atoms with E-state index in [0.717, 1.165) is 18.7 Å². The first-order valence-corrected chi connectivity index (χ1v) is 12.6. The SMILES string of the molecule is CCc1cccc[n+]1CCCS(=O)(=O)[O-].CCn1cc[n+](CCCS(=O)(=O)[O-])c1. The summed E-state index contributed by atoms with van der Waals surface area (Å²) in [7, 11) is -8.14. The van der Waals surface area contributed by atoms with E-state index in [1.807, 2.05) is 70.7 Å². The fourth-order valence-electron chi connectivity index (χ4n) is 2.64. The van der Waals surface area contributed by atoms with Gasteiger partial charge in [0.25, 0.3) is 0 Å². The highest BCUT2D eigenvalue weighted by atomic mass is 32.2. The average Bonchev–Trinajstić information content (AvgIpc) is 3.08. The summed E-state index contributed by atoms with van der Waals surface area (Å²) in [6, 6.07) is 5.83. The standard InChI is InChI=1S/C10H15NO3S.C8H14N2O3S/c1-2-10-6-3-4-7-11(10)8-5-9-15(12,13)14;1-2-9-5-6-10(8-9)4-3-7-14(11,12)13/h3-4,6-7H,2,5,8-9H2,1H3;5-6,8H,2-4,7H2,1H3. The van der Waals surface area contributed by atoms with Gasteiger partial charge in [-0.15, -0.1) is 0 Å². The molecule has 0 unspecified atom stereocenters. The highest BCUT2D eigenvalue weighted by Gasteiger charge is 2.07. The van der Waals surface area contributed by atoms with Crippen molar-refractivity contribution in [3.63, 3.8) is 0 Å². The minimum absolute atomic E-state index is 0.294. The lowest BCUT2D eigenvalue weighted by Crippen LogP contribution is -2.38. The molecule has 29 heavy (non-hydrogen) atoms. The van der Waals surface area contributed by atoms with Gasteiger partial charge in [-0.2, -0.15) is 0 Å². The molecule has 2 heterocycles. The van der Waals surface area contributed by atoms with Gasteiger partial charge in [-0.25, -0.2) is 30.5 Å². The summed E-state index contributed by atoms with van der Waals surface area (Å²) in [4.78, 5) is 0. The Hall–Kier alpha value is -1.82. The van der Waals surface area contributed by atoms with Crippen molar-refractivity contribution in [2.75, 3.05) is 11.5 Å². The van der Waals surface area contributed by atoms with Crippen LogP contribution in [0.25, 0.3) is 0 Å². The Morgan fingerprint density at radius 2 is 1.55 bits per heavy atom. The summed E-state index contributed by atoms with van der Waals surface area (Å²) in [5.74, 6) is -0.588. The van der Waals surface area contributed by atoms with Crippen LogP contribution in [-0.2, 0) is 46.3 Å². The van der Waals surface area contributed by atoms with Crippen LogP contribution in [0.1, 0.15) is 32.4 Å². The number of nitrogens with zero attached hydrogens (tertiary/aromatic N) is 3. The fraction of sp³-hybridized carbons (Fsp3) is 0.556. The maximum absolute atomic E-state index is 10.4. The zero-order valence-electron chi connectivity index (χ0n) is 16.8. The molecule has 0 bridgehead atoms. The summed E-state index contributed by atoms with van der Waals surface area (Å²) < 4.78 is 68.0. The zero-order chi connectivity index (χ0) is 21.9. The molecule has 0 amide bonds. The van der Waals surface area contributed by atoms with Crippen molar-refractivity contribution in [1.82, 2.24) is 4.57 Å². The van der Waals surface area contributed by atoms with Crippen molar-refractivity contribution < 1.29 is 35.1 Å². The highest BCUT2D eigenvalue weighted by molar-refractivity contribution is 7.85. The Labute approximate surface area is 173 Å². The summed E-state index contributed by atoms with van der Waals surface area (Å²) >= 11 is 0. The summed E-state index contributed by atoms with van der Waals surface area (Å²) in [5, 5.41) is 0. The molecule has 11 heteroatoms. The van der Waals surface area contributed by atoms with Crippen molar-refractivity contribution >= 4 is 20.2 Å². The number of aromatic nitrogens is 3. The van der Waals surface area contributed by atoms with Crippen LogP contribution >= 0.6 is 0 Å². The van der Waals surface area contributed by atoms with Crippen LogP contribution < -0.4 is 9.13 Å². The van der Waals surface area contributed by atoms with Gasteiger partial charge in [0, 0.05) is 36.5 Å². The molecule has 0 aliphatic rings. The largest absolute Gasteiger partial charge is 0.748 e. The van der Waals surface area contributed by atoms with Crippen LogP contribution in [0.4, 0.5) is 0 Å². The van der Waals surface area contributed by atoms with Crippen molar-refractivity contribution in [3.05, 3.63) is 48.8 Å². The molecule has 164 valence electrons. The van der Waals surface area contributed by atoms with Gasteiger partial charge < -0.3 is 9.11 Å². The van der Waals surface area contributed by atoms with E-state index in [9.17, 15) is 25.9 Å².